The monoisotopic (exact) mass is 505 g/mol. The summed E-state index contributed by atoms with van der Waals surface area (Å²) in [5.74, 6) is -0.788. The van der Waals surface area contributed by atoms with E-state index in [1.807, 2.05) is 24.3 Å². The van der Waals surface area contributed by atoms with Crippen molar-refractivity contribution in [3.63, 3.8) is 0 Å². The Balaban J connectivity index is 1.09. The average Bonchev–Trinajstić information content (AvgIpc) is 3.24. The number of unbranched alkanes of at least 4 members (excludes halogenated alkanes) is 1. The second-order valence-electron chi connectivity index (χ2n) is 9.90. The molecule has 0 bridgehead atoms. The number of carbonyl (C=O) groups excluding carboxylic acids is 3. The summed E-state index contributed by atoms with van der Waals surface area (Å²) in [6.45, 7) is 5.11. The number of rotatable bonds is 8. The summed E-state index contributed by atoms with van der Waals surface area (Å²) in [7, 11) is 0. The summed E-state index contributed by atoms with van der Waals surface area (Å²) >= 11 is 0. The van der Waals surface area contributed by atoms with Crippen LogP contribution in [0.25, 0.3) is 0 Å². The first-order valence-corrected chi connectivity index (χ1v) is 12.9. The highest BCUT2D eigenvalue weighted by Crippen LogP contribution is 2.30. The molecule has 2 aromatic rings. The van der Waals surface area contributed by atoms with Crippen LogP contribution in [0, 0.1) is 10.1 Å². The molecule has 3 aliphatic rings. The molecule has 1 unspecified atom stereocenters. The number of nitro benzene ring substituents is 1. The van der Waals surface area contributed by atoms with Gasteiger partial charge in [0.1, 0.15) is 6.04 Å². The van der Waals surface area contributed by atoms with E-state index in [1.165, 1.54) is 0 Å². The molecule has 0 saturated carbocycles. The number of fused-ring (bicyclic) bond motifs is 1. The maximum atomic E-state index is 13.0. The molecule has 3 heterocycles. The number of anilines is 1. The Bertz CT molecular complexity index is 1210. The summed E-state index contributed by atoms with van der Waals surface area (Å²) in [5.41, 5.74) is 3.96. The molecule has 37 heavy (non-hydrogen) atoms. The highest BCUT2D eigenvalue weighted by molar-refractivity contribution is 6.05. The maximum absolute atomic E-state index is 13.0. The van der Waals surface area contributed by atoms with E-state index in [0.717, 1.165) is 68.8 Å². The minimum Gasteiger partial charge on any atom is -0.369 e. The number of imide groups is 1. The van der Waals surface area contributed by atoms with Gasteiger partial charge in [0.25, 0.3) is 11.6 Å². The first-order valence-electron chi connectivity index (χ1n) is 12.9. The fourth-order valence-corrected chi connectivity index (χ4v) is 5.55. The van der Waals surface area contributed by atoms with E-state index in [0.29, 0.717) is 18.5 Å². The van der Waals surface area contributed by atoms with Crippen LogP contribution < -0.4 is 10.2 Å². The summed E-state index contributed by atoms with van der Waals surface area (Å²) in [6, 6.07) is 12.0. The van der Waals surface area contributed by atoms with Crippen molar-refractivity contribution in [2.45, 2.75) is 44.7 Å². The predicted octanol–water partition coefficient (Wildman–Crippen LogP) is 2.50. The van der Waals surface area contributed by atoms with Gasteiger partial charge in [-0.1, -0.05) is 12.1 Å². The topological polar surface area (TPSA) is 116 Å². The van der Waals surface area contributed by atoms with E-state index in [9.17, 15) is 24.5 Å². The number of nitrogens with one attached hydrogen (secondary N) is 1. The molecule has 3 aliphatic heterocycles. The van der Waals surface area contributed by atoms with Crippen LogP contribution in [0.2, 0.25) is 0 Å². The average molecular weight is 506 g/mol. The first-order chi connectivity index (χ1) is 17.9. The smallest absolute Gasteiger partial charge is 0.269 e. The van der Waals surface area contributed by atoms with E-state index in [4.69, 9.17) is 0 Å². The van der Waals surface area contributed by atoms with Gasteiger partial charge in [0, 0.05) is 62.5 Å². The number of non-ortho nitro benzene ring substituents is 1. The number of aryl methyl sites for hydroxylation is 1. The molecule has 2 aromatic carbocycles. The van der Waals surface area contributed by atoms with Gasteiger partial charge in [0.15, 0.2) is 0 Å². The second-order valence-corrected chi connectivity index (χ2v) is 9.90. The van der Waals surface area contributed by atoms with Gasteiger partial charge in [0.2, 0.25) is 11.8 Å². The molecule has 0 aromatic heterocycles. The molecule has 0 spiro atoms. The zero-order valence-electron chi connectivity index (χ0n) is 20.7. The van der Waals surface area contributed by atoms with Gasteiger partial charge in [-0.05, 0) is 61.6 Å². The summed E-state index contributed by atoms with van der Waals surface area (Å²) in [6.07, 6.45) is 3.56. The van der Waals surface area contributed by atoms with Crippen molar-refractivity contribution in [3.05, 3.63) is 69.3 Å². The number of nitrogens with zero attached hydrogens (tertiary/aromatic N) is 4. The molecule has 194 valence electrons. The van der Waals surface area contributed by atoms with Gasteiger partial charge in [-0.2, -0.15) is 0 Å². The van der Waals surface area contributed by atoms with Crippen molar-refractivity contribution >= 4 is 29.1 Å². The van der Waals surface area contributed by atoms with Gasteiger partial charge in [-0.25, -0.2) is 0 Å². The van der Waals surface area contributed by atoms with Gasteiger partial charge in [0.05, 0.1) is 4.92 Å². The lowest BCUT2D eigenvalue weighted by molar-refractivity contribution is -0.384. The Hall–Kier alpha value is -3.79. The van der Waals surface area contributed by atoms with E-state index >= 15 is 0 Å². The minimum absolute atomic E-state index is 0.111. The van der Waals surface area contributed by atoms with Crippen molar-refractivity contribution in [1.29, 1.82) is 0 Å². The molecule has 0 aliphatic carbocycles. The molecule has 2 saturated heterocycles. The van der Waals surface area contributed by atoms with Gasteiger partial charge < -0.3 is 9.80 Å². The Kier molecular flexibility index (Phi) is 7.18. The molecular formula is C27H31N5O5. The third kappa shape index (κ3) is 5.34. The lowest BCUT2D eigenvalue weighted by Crippen LogP contribution is -2.52. The van der Waals surface area contributed by atoms with E-state index in [-0.39, 0.29) is 34.8 Å². The highest BCUT2D eigenvalue weighted by atomic mass is 16.6. The minimum atomic E-state index is -0.588. The van der Waals surface area contributed by atoms with Gasteiger partial charge in [-0.3, -0.25) is 34.7 Å². The number of piperidine rings is 1. The third-order valence-corrected chi connectivity index (χ3v) is 7.65. The number of benzene rings is 2. The highest BCUT2D eigenvalue weighted by Gasteiger charge is 2.39. The van der Waals surface area contributed by atoms with Crippen LogP contribution in [0.4, 0.5) is 11.4 Å². The quantitative estimate of drug-likeness (QED) is 0.254. The Morgan fingerprint density at radius 2 is 1.73 bits per heavy atom. The molecule has 2 fully saturated rings. The lowest BCUT2D eigenvalue weighted by Gasteiger charge is -2.36. The van der Waals surface area contributed by atoms with Crippen molar-refractivity contribution < 1.29 is 19.3 Å². The van der Waals surface area contributed by atoms with Gasteiger partial charge >= 0.3 is 0 Å². The number of amides is 3. The zero-order valence-corrected chi connectivity index (χ0v) is 20.7. The second kappa shape index (κ2) is 10.7. The molecular weight excluding hydrogens is 474 g/mol. The van der Waals surface area contributed by atoms with Crippen LogP contribution in [0.15, 0.2) is 42.5 Å². The van der Waals surface area contributed by atoms with E-state index in [1.54, 1.807) is 17.0 Å². The summed E-state index contributed by atoms with van der Waals surface area (Å²) < 4.78 is 0. The van der Waals surface area contributed by atoms with Crippen LogP contribution in [0.3, 0.4) is 0 Å². The van der Waals surface area contributed by atoms with Crippen molar-refractivity contribution in [3.8, 4) is 0 Å². The van der Waals surface area contributed by atoms with Crippen LogP contribution in [-0.2, 0) is 22.6 Å². The molecule has 10 nitrogen and oxygen atoms in total. The SMILES string of the molecule is O=C1CCC(N2Cc3c(CCCCN4CCN(c5ccc([N+](=O)[O-])cc5)CC4)cccc3C2=O)C(=O)N1. The van der Waals surface area contributed by atoms with Crippen LogP contribution in [-0.4, -0.2) is 71.2 Å². The van der Waals surface area contributed by atoms with Crippen LogP contribution in [0.5, 0.6) is 0 Å². The molecule has 10 heteroatoms. The molecule has 1 N–H and O–H groups in total. The predicted molar refractivity (Wildman–Crippen MR) is 137 cm³/mol. The van der Waals surface area contributed by atoms with Gasteiger partial charge in [-0.15, -0.1) is 0 Å². The van der Waals surface area contributed by atoms with E-state index in [2.05, 4.69) is 21.2 Å². The number of carbonyl (C=O) groups is 3. The van der Waals surface area contributed by atoms with Crippen molar-refractivity contribution in [2.75, 3.05) is 37.6 Å². The molecule has 0 radical (unpaired) electrons. The fourth-order valence-electron chi connectivity index (χ4n) is 5.55. The van der Waals surface area contributed by atoms with Crippen LogP contribution >= 0.6 is 0 Å². The standard InChI is InChI=1S/C27H31N5O5/c33-25-12-11-24(26(34)28-25)31-18-23-19(5-3-6-22(23)27(31)35)4-1-2-13-29-14-16-30(17-15-29)20-7-9-21(10-8-20)32(36)37/h3,5-10,24H,1-2,4,11-18H2,(H,28,33,34). The maximum Gasteiger partial charge on any atom is 0.269 e. The Labute approximate surface area is 215 Å². The number of hydrogen-bond donors (Lipinski definition) is 1. The Morgan fingerprint density at radius 3 is 2.43 bits per heavy atom. The fraction of sp³-hybridized carbons (Fsp3) is 0.444. The molecule has 3 amide bonds. The molecule has 5 rings (SSSR count). The zero-order chi connectivity index (χ0) is 25.9. The third-order valence-electron chi connectivity index (χ3n) is 7.65. The number of piperazine rings is 1. The van der Waals surface area contributed by atoms with Crippen molar-refractivity contribution in [2.24, 2.45) is 0 Å². The van der Waals surface area contributed by atoms with Crippen LogP contribution in [0.1, 0.15) is 47.2 Å². The lowest BCUT2D eigenvalue weighted by atomic mass is 9.98. The Morgan fingerprint density at radius 1 is 0.973 bits per heavy atom. The van der Waals surface area contributed by atoms with Crippen molar-refractivity contribution in [1.82, 2.24) is 15.1 Å². The summed E-state index contributed by atoms with van der Waals surface area (Å²) in [5, 5.41) is 13.2. The number of nitro groups is 1. The summed E-state index contributed by atoms with van der Waals surface area (Å²) in [4.78, 5) is 53.6. The normalized spacial score (nSPS) is 20.2. The van der Waals surface area contributed by atoms with E-state index < -0.39 is 6.04 Å². The first kappa shape index (κ1) is 24.9. The molecule has 1 atom stereocenters. The largest absolute Gasteiger partial charge is 0.369 e. The number of hydrogen-bond acceptors (Lipinski definition) is 7.